The number of hydrogen-bond donors (Lipinski definition) is 0. The van der Waals surface area contributed by atoms with Crippen LogP contribution in [0, 0.1) is 27.3 Å². The van der Waals surface area contributed by atoms with Crippen LogP contribution in [0.25, 0.3) is 60.8 Å². The first-order valence-corrected chi connectivity index (χ1v) is 14.0. The molecule has 0 spiro atoms. The summed E-state index contributed by atoms with van der Waals surface area (Å²) in [5, 5.41) is 3.46. The first-order valence-electron chi connectivity index (χ1n) is 14.0. The third-order valence-corrected chi connectivity index (χ3v) is 8.24. The summed E-state index contributed by atoms with van der Waals surface area (Å²) in [7, 11) is 0. The largest absolute Gasteiger partial charge is 2.00 e. The number of imidazole rings is 1. The smallest absolute Gasteiger partial charge is 0.358 e. The van der Waals surface area contributed by atoms with E-state index in [-0.39, 0.29) is 61.2 Å². The van der Waals surface area contributed by atoms with Crippen LogP contribution in [0.1, 0.15) is 36.5 Å². The minimum atomic E-state index is 0. The fourth-order valence-corrected chi connectivity index (χ4v) is 5.96. The van der Waals surface area contributed by atoms with Gasteiger partial charge in [-0.2, -0.15) is 0 Å². The van der Waals surface area contributed by atoms with Crippen LogP contribution in [0.4, 0.5) is 0 Å². The van der Waals surface area contributed by atoms with Crippen LogP contribution >= 0.6 is 0 Å². The van der Waals surface area contributed by atoms with E-state index in [1.54, 1.807) is 0 Å². The van der Waals surface area contributed by atoms with Gasteiger partial charge in [0.15, 0.2) is 0 Å². The van der Waals surface area contributed by atoms with Gasteiger partial charge >= 0.3 is 21.1 Å². The van der Waals surface area contributed by atoms with Gasteiger partial charge in [0.05, 0.1) is 11.3 Å². The van der Waals surface area contributed by atoms with E-state index in [0.717, 1.165) is 16.7 Å². The molecule has 2 aromatic heterocycles. The molecule has 0 atom stereocenters. The summed E-state index contributed by atoms with van der Waals surface area (Å²) in [4.78, 5) is 5.08. The van der Waals surface area contributed by atoms with Gasteiger partial charge in [-0.1, -0.05) is 98.1 Å². The quantitative estimate of drug-likeness (QED) is 0.128. The molecular formula is C39H34N2PtY. The molecule has 0 aliphatic heterocycles. The van der Waals surface area contributed by atoms with Gasteiger partial charge in [0.2, 0.25) is 0 Å². The molecule has 0 N–H and O–H groups in total. The van der Waals surface area contributed by atoms with Gasteiger partial charge in [0.1, 0.15) is 0 Å². The molecule has 2 nitrogen and oxygen atoms in total. The molecule has 43 heavy (non-hydrogen) atoms. The maximum absolute atomic E-state index is 5.08. The van der Waals surface area contributed by atoms with Crippen LogP contribution in [-0.2, 0) is 53.8 Å². The van der Waals surface area contributed by atoms with Gasteiger partial charge in [-0.15, -0.1) is 29.7 Å². The molecule has 5 aromatic carbocycles. The van der Waals surface area contributed by atoms with E-state index in [2.05, 4.69) is 141 Å². The number of nitrogens with zero attached hydrogens (tertiary/aromatic N) is 2. The van der Waals surface area contributed by atoms with Gasteiger partial charge < -0.3 is 11.8 Å². The standard InChI is InChI=1S/C38H31N2.CH3.Pt.Y/c1-24(2)29-21-32(27-13-7-5-8-14-27)37(33(22-29)28-15-9-6-10-16-28)36-23-39-38-31-18-12-11-17-30(31)34-19-25(3)26(4)20-35(34)40(36)38;;;/h5-17,19-24H,1-4H3;1H3;;/q2*-1;+2;. The number of rotatable bonds is 4. The van der Waals surface area contributed by atoms with E-state index in [9.17, 15) is 0 Å². The topological polar surface area (TPSA) is 17.3 Å². The molecule has 0 aliphatic carbocycles. The number of aromatic nitrogens is 2. The van der Waals surface area contributed by atoms with E-state index in [1.807, 2.05) is 6.07 Å². The Morgan fingerprint density at radius 1 is 0.721 bits per heavy atom. The molecule has 0 unspecified atom stereocenters. The van der Waals surface area contributed by atoms with Crippen molar-refractivity contribution in [1.82, 2.24) is 9.38 Å². The van der Waals surface area contributed by atoms with E-state index in [4.69, 9.17) is 4.98 Å². The van der Waals surface area contributed by atoms with E-state index in [1.165, 1.54) is 60.8 Å². The zero-order chi connectivity index (χ0) is 27.4. The Bertz CT molecular complexity index is 1980. The fourth-order valence-electron chi connectivity index (χ4n) is 5.96. The molecule has 2 heterocycles. The summed E-state index contributed by atoms with van der Waals surface area (Å²) in [5.74, 6) is 0.395. The number of fused-ring (bicyclic) bond motifs is 6. The van der Waals surface area contributed by atoms with Gasteiger partial charge in [-0.3, -0.25) is 4.98 Å². The molecule has 213 valence electrons. The molecule has 1 radical (unpaired) electrons. The molecule has 0 fully saturated rings. The number of benzene rings is 5. The van der Waals surface area contributed by atoms with Crippen LogP contribution in [0.2, 0.25) is 0 Å². The van der Waals surface area contributed by atoms with Crippen molar-refractivity contribution in [2.24, 2.45) is 0 Å². The van der Waals surface area contributed by atoms with Crippen molar-refractivity contribution in [3.8, 4) is 33.5 Å². The molecule has 0 bridgehead atoms. The van der Waals surface area contributed by atoms with Crippen molar-refractivity contribution in [1.29, 1.82) is 0 Å². The Morgan fingerprint density at radius 2 is 1.30 bits per heavy atom. The zero-order valence-electron chi connectivity index (χ0n) is 25.3. The summed E-state index contributed by atoms with van der Waals surface area (Å²) < 4.78 is 2.36. The Morgan fingerprint density at radius 3 is 1.88 bits per heavy atom. The summed E-state index contributed by atoms with van der Waals surface area (Å²) in [6.45, 7) is 8.93. The Hall–Kier alpha value is -2.90. The molecular weight excluding hydrogens is 780 g/mol. The molecule has 0 aliphatic rings. The average Bonchev–Trinajstić information content (AvgIpc) is 3.43. The Kier molecular flexibility index (Phi) is 10.3. The molecule has 0 saturated heterocycles. The first kappa shape index (κ1) is 33.0. The SMILES string of the molecule is Cc1cc2c3ccc[c-]c3c3ncc(-c4c(-c5ccccc5)cc(C(C)C)cc4-c4ccccc4)n3c2cc1C.[CH3-].[Pt+2].[Y]. The van der Waals surface area contributed by atoms with Crippen LogP contribution in [0.5, 0.6) is 0 Å². The van der Waals surface area contributed by atoms with Gasteiger partial charge in [-0.25, -0.2) is 0 Å². The number of aryl methyl sites for hydroxylation is 2. The number of hydrogen-bond acceptors (Lipinski definition) is 1. The third kappa shape index (κ3) is 5.71. The summed E-state index contributed by atoms with van der Waals surface area (Å²) in [6.07, 6.45) is 2.06. The van der Waals surface area contributed by atoms with Crippen LogP contribution < -0.4 is 0 Å². The Balaban J connectivity index is 0.00000141. The van der Waals surface area contributed by atoms with Crippen molar-refractivity contribution < 1.29 is 53.8 Å². The van der Waals surface area contributed by atoms with Crippen molar-refractivity contribution in [2.75, 3.05) is 0 Å². The second kappa shape index (κ2) is 13.4. The minimum Gasteiger partial charge on any atom is -0.358 e. The molecule has 0 saturated carbocycles. The van der Waals surface area contributed by atoms with E-state index >= 15 is 0 Å². The van der Waals surface area contributed by atoms with Crippen LogP contribution in [0.3, 0.4) is 0 Å². The monoisotopic (exact) mass is 814 g/mol. The van der Waals surface area contributed by atoms with Crippen molar-refractivity contribution in [3.05, 3.63) is 140 Å². The summed E-state index contributed by atoms with van der Waals surface area (Å²) in [6, 6.07) is 40.7. The van der Waals surface area contributed by atoms with E-state index in [0.29, 0.717) is 5.92 Å². The van der Waals surface area contributed by atoms with E-state index < -0.39 is 0 Å². The predicted molar refractivity (Wildman–Crippen MR) is 175 cm³/mol. The maximum Gasteiger partial charge on any atom is 2.00 e. The van der Waals surface area contributed by atoms with Crippen molar-refractivity contribution in [3.63, 3.8) is 0 Å². The maximum atomic E-state index is 5.08. The average molecular weight is 815 g/mol. The summed E-state index contributed by atoms with van der Waals surface area (Å²) >= 11 is 0. The van der Waals surface area contributed by atoms with Crippen molar-refractivity contribution >= 4 is 27.3 Å². The normalized spacial score (nSPS) is 10.9. The van der Waals surface area contributed by atoms with Crippen LogP contribution in [0.15, 0.2) is 109 Å². The van der Waals surface area contributed by atoms with Gasteiger partial charge in [0, 0.05) is 50.0 Å². The second-order valence-electron chi connectivity index (χ2n) is 11.1. The predicted octanol–water partition coefficient (Wildman–Crippen LogP) is 10.6. The van der Waals surface area contributed by atoms with Crippen molar-refractivity contribution in [2.45, 2.75) is 33.6 Å². The zero-order valence-corrected chi connectivity index (χ0v) is 30.4. The first-order chi connectivity index (χ1) is 19.5. The fraction of sp³-hybridized carbons (Fsp3) is 0.128. The minimum absolute atomic E-state index is 0. The summed E-state index contributed by atoms with van der Waals surface area (Å²) in [5.41, 5.74) is 13.1. The molecule has 0 amide bonds. The third-order valence-electron chi connectivity index (χ3n) is 8.24. The second-order valence-corrected chi connectivity index (χ2v) is 11.1. The van der Waals surface area contributed by atoms with Gasteiger partial charge in [-0.05, 0) is 70.2 Å². The van der Waals surface area contributed by atoms with Gasteiger partial charge in [0.25, 0.3) is 0 Å². The molecule has 7 rings (SSSR count). The molecule has 7 aromatic rings. The van der Waals surface area contributed by atoms with Crippen LogP contribution in [-0.4, -0.2) is 9.38 Å². The molecule has 4 heteroatoms. The Labute approximate surface area is 294 Å². The number of pyridine rings is 1.